The van der Waals surface area contributed by atoms with Crippen LogP contribution in [-0.2, 0) is 16.1 Å². The molecule has 116 valence electrons. The average Bonchev–Trinajstić information content (AvgIpc) is 3.12. The lowest BCUT2D eigenvalue weighted by Crippen LogP contribution is -2.30. The van der Waals surface area contributed by atoms with Crippen molar-refractivity contribution in [3.63, 3.8) is 0 Å². The first-order valence-corrected chi connectivity index (χ1v) is 7.18. The van der Waals surface area contributed by atoms with Gasteiger partial charge >= 0.3 is 5.97 Å². The number of rotatable bonds is 5. The third-order valence-electron chi connectivity index (χ3n) is 3.41. The molecular weight excluding hydrogens is 294 g/mol. The van der Waals surface area contributed by atoms with Gasteiger partial charge in [-0.2, -0.15) is 0 Å². The van der Waals surface area contributed by atoms with Crippen molar-refractivity contribution in [1.82, 2.24) is 5.32 Å². The lowest BCUT2D eigenvalue weighted by molar-refractivity contribution is -0.143. The van der Waals surface area contributed by atoms with Crippen LogP contribution in [0.1, 0.15) is 16.1 Å². The predicted molar refractivity (Wildman–Crippen MR) is 84.8 cm³/mol. The van der Waals surface area contributed by atoms with Gasteiger partial charge in [0, 0.05) is 0 Å². The largest absolute Gasteiger partial charge is 0.459 e. The highest BCUT2D eigenvalue weighted by Gasteiger charge is 2.11. The normalized spacial score (nSPS) is 10.4. The molecule has 0 fully saturated rings. The van der Waals surface area contributed by atoms with E-state index in [1.807, 2.05) is 42.5 Å². The van der Waals surface area contributed by atoms with Gasteiger partial charge in [-0.1, -0.05) is 42.5 Å². The van der Waals surface area contributed by atoms with Gasteiger partial charge in [0.15, 0.2) is 5.76 Å². The fraction of sp³-hybridized carbons (Fsp3) is 0.111. The number of hydrogen-bond acceptors (Lipinski definition) is 4. The van der Waals surface area contributed by atoms with Gasteiger partial charge < -0.3 is 14.5 Å². The summed E-state index contributed by atoms with van der Waals surface area (Å²) in [6, 6.07) is 16.9. The van der Waals surface area contributed by atoms with Gasteiger partial charge in [-0.15, -0.1) is 0 Å². The smallest absolute Gasteiger partial charge is 0.325 e. The van der Waals surface area contributed by atoms with Gasteiger partial charge in [-0.05, 0) is 28.5 Å². The molecule has 0 radical (unpaired) electrons. The van der Waals surface area contributed by atoms with E-state index in [0.29, 0.717) is 0 Å². The average molecular weight is 309 g/mol. The lowest BCUT2D eigenvalue weighted by atomic mass is 10.1. The van der Waals surface area contributed by atoms with Gasteiger partial charge in [-0.25, -0.2) is 0 Å². The van der Waals surface area contributed by atoms with Crippen molar-refractivity contribution in [2.45, 2.75) is 6.61 Å². The molecule has 3 rings (SSSR count). The van der Waals surface area contributed by atoms with Gasteiger partial charge in [-0.3, -0.25) is 9.59 Å². The molecule has 2 aromatic carbocycles. The fourth-order valence-electron chi connectivity index (χ4n) is 2.27. The maximum Gasteiger partial charge on any atom is 0.325 e. The van der Waals surface area contributed by atoms with Crippen LogP contribution in [0, 0.1) is 0 Å². The number of nitrogens with one attached hydrogen (secondary N) is 1. The zero-order valence-corrected chi connectivity index (χ0v) is 12.3. The summed E-state index contributed by atoms with van der Waals surface area (Å²) in [5.41, 5.74) is 0.925. The second-order valence-electron chi connectivity index (χ2n) is 4.96. The Morgan fingerprint density at radius 1 is 1.00 bits per heavy atom. The number of esters is 1. The zero-order valence-electron chi connectivity index (χ0n) is 12.3. The highest BCUT2D eigenvalue weighted by Crippen LogP contribution is 2.19. The molecule has 1 amide bonds. The van der Waals surface area contributed by atoms with Gasteiger partial charge in [0.25, 0.3) is 5.91 Å². The first kappa shape index (κ1) is 14.8. The molecule has 0 atom stereocenters. The van der Waals surface area contributed by atoms with E-state index >= 15 is 0 Å². The van der Waals surface area contributed by atoms with Crippen LogP contribution in [-0.4, -0.2) is 18.4 Å². The van der Waals surface area contributed by atoms with E-state index < -0.39 is 11.9 Å². The minimum atomic E-state index is -0.502. The van der Waals surface area contributed by atoms with Crippen LogP contribution in [0.4, 0.5) is 0 Å². The molecule has 0 saturated carbocycles. The molecule has 5 heteroatoms. The van der Waals surface area contributed by atoms with E-state index in [9.17, 15) is 9.59 Å². The standard InChI is InChI=1S/C18H15NO4/c20-17(11-19-18(21)16-9-4-10-22-16)23-12-14-7-3-6-13-5-1-2-8-15(13)14/h1-10H,11-12H2,(H,19,21). The summed E-state index contributed by atoms with van der Waals surface area (Å²) in [7, 11) is 0. The summed E-state index contributed by atoms with van der Waals surface area (Å²) in [6.45, 7) is -0.0406. The van der Waals surface area contributed by atoms with Crippen LogP contribution < -0.4 is 5.32 Å². The Morgan fingerprint density at radius 3 is 2.65 bits per heavy atom. The summed E-state index contributed by atoms with van der Waals surface area (Å²) in [4.78, 5) is 23.4. The molecule has 1 aromatic heterocycles. The summed E-state index contributed by atoms with van der Waals surface area (Å²) in [6.07, 6.45) is 1.40. The van der Waals surface area contributed by atoms with Crippen LogP contribution in [0.2, 0.25) is 0 Å². The van der Waals surface area contributed by atoms with Crippen LogP contribution in [0.5, 0.6) is 0 Å². The quantitative estimate of drug-likeness (QED) is 0.736. The number of furan rings is 1. The van der Waals surface area contributed by atoms with Crippen LogP contribution in [0.25, 0.3) is 10.8 Å². The number of hydrogen-bond donors (Lipinski definition) is 1. The molecule has 5 nitrogen and oxygen atoms in total. The molecule has 23 heavy (non-hydrogen) atoms. The molecule has 0 bridgehead atoms. The Labute approximate surface area is 132 Å². The maximum absolute atomic E-state index is 11.8. The Bertz CT molecular complexity index is 819. The van der Waals surface area contributed by atoms with Crippen LogP contribution in [0.3, 0.4) is 0 Å². The van der Waals surface area contributed by atoms with E-state index in [2.05, 4.69) is 5.32 Å². The van der Waals surface area contributed by atoms with Gasteiger partial charge in [0.2, 0.25) is 0 Å². The summed E-state index contributed by atoms with van der Waals surface area (Å²) < 4.78 is 10.2. The zero-order chi connectivity index (χ0) is 16.1. The fourth-order valence-corrected chi connectivity index (χ4v) is 2.27. The number of fused-ring (bicyclic) bond motifs is 1. The molecule has 0 aliphatic heterocycles. The Kier molecular flexibility index (Phi) is 4.38. The molecule has 0 saturated heterocycles. The number of benzene rings is 2. The van der Waals surface area contributed by atoms with E-state index in [0.717, 1.165) is 16.3 Å². The van der Waals surface area contributed by atoms with Crippen molar-refractivity contribution in [2.24, 2.45) is 0 Å². The molecular formula is C18H15NO4. The van der Waals surface area contributed by atoms with E-state index in [1.165, 1.54) is 12.3 Å². The van der Waals surface area contributed by atoms with Crippen LogP contribution in [0.15, 0.2) is 65.3 Å². The second-order valence-corrected chi connectivity index (χ2v) is 4.96. The van der Waals surface area contributed by atoms with Crippen molar-refractivity contribution >= 4 is 22.6 Å². The number of amides is 1. The third-order valence-corrected chi connectivity index (χ3v) is 3.41. The van der Waals surface area contributed by atoms with E-state index in [4.69, 9.17) is 9.15 Å². The molecule has 1 N–H and O–H groups in total. The Balaban J connectivity index is 1.55. The third kappa shape index (κ3) is 3.58. The molecule has 1 heterocycles. The van der Waals surface area contributed by atoms with Crippen molar-refractivity contribution in [3.05, 3.63) is 72.2 Å². The number of carbonyl (C=O) groups is 2. The van der Waals surface area contributed by atoms with Crippen molar-refractivity contribution in [1.29, 1.82) is 0 Å². The van der Waals surface area contributed by atoms with Crippen molar-refractivity contribution in [3.8, 4) is 0 Å². The lowest BCUT2D eigenvalue weighted by Gasteiger charge is -2.08. The van der Waals surface area contributed by atoms with Crippen molar-refractivity contribution < 1.29 is 18.7 Å². The van der Waals surface area contributed by atoms with Gasteiger partial charge in [0.1, 0.15) is 13.2 Å². The minimum Gasteiger partial charge on any atom is -0.459 e. The summed E-state index contributed by atoms with van der Waals surface area (Å²) in [5, 5.41) is 4.58. The summed E-state index contributed by atoms with van der Waals surface area (Å²) in [5.74, 6) is -0.790. The number of carbonyl (C=O) groups excluding carboxylic acids is 2. The molecule has 0 aliphatic rings. The Morgan fingerprint density at radius 2 is 1.83 bits per heavy atom. The molecule has 0 spiro atoms. The second kappa shape index (κ2) is 6.79. The topological polar surface area (TPSA) is 68.5 Å². The maximum atomic E-state index is 11.8. The molecule has 3 aromatic rings. The predicted octanol–water partition coefficient (Wildman–Crippen LogP) is 2.91. The van der Waals surface area contributed by atoms with Gasteiger partial charge in [0.05, 0.1) is 6.26 Å². The molecule has 0 unspecified atom stereocenters. The number of ether oxygens (including phenoxy) is 1. The Hall–Kier alpha value is -3.08. The monoisotopic (exact) mass is 309 g/mol. The van der Waals surface area contributed by atoms with Crippen LogP contribution >= 0.6 is 0 Å². The molecule has 0 aliphatic carbocycles. The van der Waals surface area contributed by atoms with Crippen molar-refractivity contribution in [2.75, 3.05) is 6.54 Å². The SMILES string of the molecule is O=C(CNC(=O)c1ccco1)OCc1cccc2ccccc12. The first-order chi connectivity index (χ1) is 11.2. The highest BCUT2D eigenvalue weighted by atomic mass is 16.5. The first-order valence-electron chi connectivity index (χ1n) is 7.18. The highest BCUT2D eigenvalue weighted by molar-refractivity contribution is 5.93. The van der Waals surface area contributed by atoms with E-state index in [1.54, 1.807) is 6.07 Å². The van der Waals surface area contributed by atoms with E-state index in [-0.39, 0.29) is 18.9 Å². The summed E-state index contributed by atoms with van der Waals surface area (Å²) >= 11 is 0. The minimum absolute atomic E-state index is 0.159.